The summed E-state index contributed by atoms with van der Waals surface area (Å²) in [5.41, 5.74) is 8.66. The molecule has 0 bridgehead atoms. The summed E-state index contributed by atoms with van der Waals surface area (Å²) in [6.07, 6.45) is 4.42. The molecule has 4 heteroatoms. The summed E-state index contributed by atoms with van der Waals surface area (Å²) in [4.78, 5) is 4.50. The maximum absolute atomic E-state index is 9.70. The monoisotopic (exact) mass is 266 g/mol. The van der Waals surface area contributed by atoms with Gasteiger partial charge in [-0.3, -0.25) is 4.98 Å². The van der Waals surface area contributed by atoms with Crippen molar-refractivity contribution in [1.82, 2.24) is 4.98 Å². The van der Waals surface area contributed by atoms with Crippen LogP contribution in [0.2, 0.25) is 0 Å². The van der Waals surface area contributed by atoms with Crippen molar-refractivity contribution in [1.29, 1.82) is 0 Å². The molecule has 0 saturated heterocycles. The first-order valence-corrected chi connectivity index (χ1v) is 6.83. The fourth-order valence-corrected chi connectivity index (χ4v) is 2.60. The van der Waals surface area contributed by atoms with Crippen LogP contribution in [0, 0.1) is 19.3 Å². The van der Waals surface area contributed by atoms with Gasteiger partial charge in [0.05, 0.1) is 13.7 Å². The SMILES string of the molecule is CCCC(CN)(CO)Cc1ncc(C)c(OC)c1C. The molecule has 1 aromatic rings. The summed E-state index contributed by atoms with van der Waals surface area (Å²) in [5.74, 6) is 0.880. The Bertz CT molecular complexity index is 415. The van der Waals surface area contributed by atoms with Crippen LogP contribution < -0.4 is 10.5 Å². The molecular formula is C15H26N2O2. The zero-order valence-corrected chi connectivity index (χ0v) is 12.5. The third kappa shape index (κ3) is 3.45. The molecule has 0 fully saturated rings. The van der Waals surface area contributed by atoms with Gasteiger partial charge in [-0.05, 0) is 26.7 Å². The van der Waals surface area contributed by atoms with E-state index >= 15 is 0 Å². The summed E-state index contributed by atoms with van der Waals surface area (Å²) in [5, 5.41) is 9.70. The van der Waals surface area contributed by atoms with Crippen LogP contribution in [0.1, 0.15) is 36.6 Å². The number of ether oxygens (including phenoxy) is 1. The Morgan fingerprint density at radius 3 is 2.58 bits per heavy atom. The van der Waals surface area contributed by atoms with E-state index in [1.807, 2.05) is 20.0 Å². The summed E-state index contributed by atoms with van der Waals surface area (Å²) in [6.45, 7) is 6.66. The minimum atomic E-state index is -0.271. The summed E-state index contributed by atoms with van der Waals surface area (Å²) < 4.78 is 5.42. The van der Waals surface area contributed by atoms with Crippen LogP contribution in [0.5, 0.6) is 5.75 Å². The predicted octanol–water partition coefficient (Wildman–Crippen LogP) is 1.99. The Kier molecular flexibility index (Phi) is 5.76. The van der Waals surface area contributed by atoms with Crippen molar-refractivity contribution in [3.8, 4) is 5.75 Å². The maximum Gasteiger partial charge on any atom is 0.128 e. The number of rotatable bonds is 7. The predicted molar refractivity (Wildman–Crippen MR) is 77.4 cm³/mol. The van der Waals surface area contributed by atoms with E-state index in [0.29, 0.717) is 13.0 Å². The number of aliphatic hydroxyl groups is 1. The van der Waals surface area contributed by atoms with Crippen LogP contribution in [-0.2, 0) is 6.42 Å². The van der Waals surface area contributed by atoms with Crippen molar-refractivity contribution in [3.63, 3.8) is 0 Å². The van der Waals surface area contributed by atoms with Crippen molar-refractivity contribution in [3.05, 3.63) is 23.0 Å². The van der Waals surface area contributed by atoms with Gasteiger partial charge >= 0.3 is 0 Å². The highest BCUT2D eigenvalue weighted by Gasteiger charge is 2.29. The third-order valence-electron chi connectivity index (χ3n) is 3.84. The molecule has 0 spiro atoms. The van der Waals surface area contributed by atoms with E-state index in [1.54, 1.807) is 7.11 Å². The van der Waals surface area contributed by atoms with Crippen LogP contribution in [0.25, 0.3) is 0 Å². The minimum absolute atomic E-state index is 0.0919. The van der Waals surface area contributed by atoms with Crippen molar-refractivity contribution < 1.29 is 9.84 Å². The molecule has 4 nitrogen and oxygen atoms in total. The molecule has 0 aliphatic carbocycles. The van der Waals surface area contributed by atoms with Gasteiger partial charge in [-0.15, -0.1) is 0 Å². The Labute approximate surface area is 116 Å². The number of aromatic nitrogens is 1. The number of pyridine rings is 1. The Morgan fingerprint density at radius 1 is 1.42 bits per heavy atom. The molecule has 108 valence electrons. The zero-order chi connectivity index (χ0) is 14.5. The number of hydrogen-bond donors (Lipinski definition) is 2. The molecule has 1 atom stereocenters. The normalized spacial score (nSPS) is 14.2. The van der Waals surface area contributed by atoms with Crippen molar-refractivity contribution in [2.75, 3.05) is 20.3 Å². The van der Waals surface area contributed by atoms with Gasteiger partial charge in [0, 0.05) is 35.0 Å². The second kappa shape index (κ2) is 6.87. The summed E-state index contributed by atoms with van der Waals surface area (Å²) in [7, 11) is 1.67. The van der Waals surface area contributed by atoms with Crippen LogP contribution >= 0.6 is 0 Å². The average molecular weight is 266 g/mol. The van der Waals surface area contributed by atoms with E-state index < -0.39 is 0 Å². The smallest absolute Gasteiger partial charge is 0.128 e. The van der Waals surface area contributed by atoms with Crippen molar-refractivity contribution in [2.24, 2.45) is 11.1 Å². The van der Waals surface area contributed by atoms with Gasteiger partial charge in [0.2, 0.25) is 0 Å². The third-order valence-corrected chi connectivity index (χ3v) is 3.84. The second-order valence-corrected chi connectivity index (χ2v) is 5.34. The number of aliphatic hydroxyl groups excluding tert-OH is 1. The lowest BCUT2D eigenvalue weighted by Crippen LogP contribution is -2.37. The van der Waals surface area contributed by atoms with E-state index in [4.69, 9.17) is 10.5 Å². The molecule has 0 aromatic carbocycles. The Morgan fingerprint density at radius 2 is 2.11 bits per heavy atom. The number of nitrogens with two attached hydrogens (primary N) is 1. The van der Waals surface area contributed by atoms with Crippen LogP contribution in [0.3, 0.4) is 0 Å². The highest BCUT2D eigenvalue weighted by Crippen LogP contribution is 2.31. The van der Waals surface area contributed by atoms with Crippen LogP contribution in [0.4, 0.5) is 0 Å². The summed E-state index contributed by atoms with van der Waals surface area (Å²) in [6, 6.07) is 0. The first kappa shape index (κ1) is 15.9. The highest BCUT2D eigenvalue weighted by atomic mass is 16.5. The highest BCUT2D eigenvalue weighted by molar-refractivity contribution is 5.41. The molecule has 0 aliphatic heterocycles. The van der Waals surface area contributed by atoms with Crippen molar-refractivity contribution in [2.45, 2.75) is 40.0 Å². The van der Waals surface area contributed by atoms with Gasteiger partial charge in [0.25, 0.3) is 0 Å². The van der Waals surface area contributed by atoms with Crippen molar-refractivity contribution >= 4 is 0 Å². The zero-order valence-electron chi connectivity index (χ0n) is 12.5. The van der Waals surface area contributed by atoms with E-state index in [9.17, 15) is 5.11 Å². The molecule has 19 heavy (non-hydrogen) atoms. The molecular weight excluding hydrogens is 240 g/mol. The largest absolute Gasteiger partial charge is 0.496 e. The quantitative estimate of drug-likeness (QED) is 0.792. The molecule has 0 saturated carbocycles. The number of hydrogen-bond acceptors (Lipinski definition) is 4. The van der Waals surface area contributed by atoms with Gasteiger partial charge in [-0.1, -0.05) is 13.3 Å². The number of methoxy groups -OCH3 is 1. The summed E-state index contributed by atoms with van der Waals surface area (Å²) >= 11 is 0. The van der Waals surface area contributed by atoms with E-state index in [2.05, 4.69) is 11.9 Å². The minimum Gasteiger partial charge on any atom is -0.496 e. The van der Waals surface area contributed by atoms with Gasteiger partial charge in [0.15, 0.2) is 0 Å². The first-order chi connectivity index (χ1) is 9.03. The van der Waals surface area contributed by atoms with Gasteiger partial charge in [-0.2, -0.15) is 0 Å². The molecule has 1 aromatic heterocycles. The molecule has 1 rings (SSSR count). The lowest BCUT2D eigenvalue weighted by Gasteiger charge is -2.30. The molecule has 1 heterocycles. The fraction of sp³-hybridized carbons (Fsp3) is 0.667. The average Bonchev–Trinajstić information content (AvgIpc) is 2.42. The Balaban J connectivity index is 3.10. The second-order valence-electron chi connectivity index (χ2n) is 5.34. The number of aryl methyl sites for hydroxylation is 1. The lowest BCUT2D eigenvalue weighted by molar-refractivity contribution is 0.119. The topological polar surface area (TPSA) is 68.4 Å². The van der Waals surface area contributed by atoms with Gasteiger partial charge in [0.1, 0.15) is 5.75 Å². The molecule has 0 amide bonds. The standard InChI is InChI=1S/C15H26N2O2/c1-5-6-15(9-16,10-18)7-13-12(3)14(19-4)11(2)8-17-13/h8,18H,5-7,9-10,16H2,1-4H3. The number of nitrogens with zero attached hydrogens (tertiary/aromatic N) is 1. The van der Waals surface area contributed by atoms with Gasteiger partial charge < -0.3 is 15.6 Å². The first-order valence-electron chi connectivity index (χ1n) is 6.83. The fourth-order valence-electron chi connectivity index (χ4n) is 2.60. The van der Waals surface area contributed by atoms with E-state index in [-0.39, 0.29) is 12.0 Å². The molecule has 0 radical (unpaired) electrons. The van der Waals surface area contributed by atoms with Gasteiger partial charge in [-0.25, -0.2) is 0 Å². The molecule has 3 N–H and O–H groups in total. The maximum atomic E-state index is 9.70. The van der Waals surface area contributed by atoms with Crippen LogP contribution in [0.15, 0.2) is 6.20 Å². The van der Waals surface area contributed by atoms with Crippen LogP contribution in [-0.4, -0.2) is 30.4 Å². The molecule has 1 unspecified atom stereocenters. The lowest BCUT2D eigenvalue weighted by atomic mass is 9.79. The molecule has 0 aliphatic rings. The van der Waals surface area contributed by atoms with E-state index in [1.165, 1.54) is 0 Å². The Hall–Kier alpha value is -1.13. The van der Waals surface area contributed by atoms with E-state index in [0.717, 1.165) is 35.4 Å².